The molecule has 134 valence electrons. The number of benzene rings is 2. The number of carbonyl (C=O) groups excluding carboxylic acids is 2. The number of anilines is 2. The van der Waals surface area contributed by atoms with E-state index in [-0.39, 0.29) is 0 Å². The predicted molar refractivity (Wildman–Crippen MR) is 97.1 cm³/mol. The molecule has 3 amide bonds. The molecule has 3 rings (SSSR count). The van der Waals surface area contributed by atoms with Gasteiger partial charge in [0.1, 0.15) is 0 Å². The number of aryl methyl sites for hydroxylation is 1. The van der Waals surface area contributed by atoms with Crippen LogP contribution in [0.25, 0.3) is 0 Å². The van der Waals surface area contributed by atoms with Crippen LogP contribution < -0.4 is 15.5 Å². The van der Waals surface area contributed by atoms with Crippen LogP contribution in [-0.2, 0) is 15.1 Å². The maximum absolute atomic E-state index is 12.9. The molecule has 1 aliphatic heterocycles. The SMILES string of the molecule is Cc1ccc(NC(=O)NC2(CC(=O)O)C(=O)N(C)c3ccccc32)cc1. The van der Waals surface area contributed by atoms with Crippen LogP contribution in [0.1, 0.15) is 17.5 Å². The number of hydrogen-bond acceptors (Lipinski definition) is 3. The van der Waals surface area contributed by atoms with Crippen molar-refractivity contribution in [2.75, 3.05) is 17.3 Å². The van der Waals surface area contributed by atoms with Crippen molar-refractivity contribution in [3.05, 3.63) is 59.7 Å². The Hall–Kier alpha value is -3.35. The van der Waals surface area contributed by atoms with Gasteiger partial charge >= 0.3 is 12.0 Å². The Bertz CT molecular complexity index is 879. The lowest BCUT2D eigenvalue weighted by Gasteiger charge is -2.28. The number of likely N-dealkylation sites (N-methyl/N-ethyl adjacent to an activating group) is 1. The van der Waals surface area contributed by atoms with E-state index in [0.29, 0.717) is 16.9 Å². The lowest BCUT2D eigenvalue weighted by atomic mass is 9.88. The minimum atomic E-state index is -1.65. The van der Waals surface area contributed by atoms with Crippen LogP contribution >= 0.6 is 0 Å². The zero-order valence-corrected chi connectivity index (χ0v) is 14.4. The van der Waals surface area contributed by atoms with E-state index >= 15 is 0 Å². The summed E-state index contributed by atoms with van der Waals surface area (Å²) in [7, 11) is 1.56. The van der Waals surface area contributed by atoms with Crippen LogP contribution in [0.15, 0.2) is 48.5 Å². The third-order valence-corrected chi connectivity index (χ3v) is 4.45. The normalized spacial score (nSPS) is 18.4. The number of carbonyl (C=O) groups is 3. The number of aliphatic carboxylic acids is 1. The summed E-state index contributed by atoms with van der Waals surface area (Å²) in [5.41, 5.74) is 0.986. The molecule has 0 radical (unpaired) electrons. The van der Waals surface area contributed by atoms with Crippen LogP contribution in [0.2, 0.25) is 0 Å². The molecule has 0 bridgehead atoms. The third kappa shape index (κ3) is 2.99. The summed E-state index contributed by atoms with van der Waals surface area (Å²) in [5, 5.41) is 14.6. The van der Waals surface area contributed by atoms with Crippen LogP contribution in [0.5, 0.6) is 0 Å². The molecule has 0 fully saturated rings. The lowest BCUT2D eigenvalue weighted by molar-refractivity contribution is -0.141. The summed E-state index contributed by atoms with van der Waals surface area (Å²) >= 11 is 0. The summed E-state index contributed by atoms with van der Waals surface area (Å²) < 4.78 is 0. The van der Waals surface area contributed by atoms with E-state index in [1.54, 1.807) is 43.4 Å². The van der Waals surface area contributed by atoms with E-state index < -0.39 is 29.9 Å². The fourth-order valence-corrected chi connectivity index (χ4v) is 3.19. The van der Waals surface area contributed by atoms with Gasteiger partial charge in [0.05, 0.1) is 6.42 Å². The number of rotatable bonds is 4. The van der Waals surface area contributed by atoms with E-state index in [1.165, 1.54) is 4.90 Å². The van der Waals surface area contributed by atoms with E-state index in [2.05, 4.69) is 10.6 Å². The Labute approximate surface area is 150 Å². The molecule has 7 heteroatoms. The number of fused-ring (bicyclic) bond motifs is 1. The van der Waals surface area contributed by atoms with Crippen molar-refractivity contribution < 1.29 is 19.5 Å². The van der Waals surface area contributed by atoms with Crippen molar-refractivity contribution in [1.82, 2.24) is 5.32 Å². The maximum atomic E-state index is 12.9. The average Bonchev–Trinajstić information content (AvgIpc) is 2.79. The first kappa shape index (κ1) is 17.5. The van der Waals surface area contributed by atoms with Gasteiger partial charge in [0.2, 0.25) is 0 Å². The smallest absolute Gasteiger partial charge is 0.320 e. The quantitative estimate of drug-likeness (QED) is 0.786. The van der Waals surface area contributed by atoms with Gasteiger partial charge in [-0.15, -0.1) is 0 Å². The summed E-state index contributed by atoms with van der Waals surface area (Å²) in [5.74, 6) is -1.67. The molecule has 0 aliphatic carbocycles. The van der Waals surface area contributed by atoms with Crippen LogP contribution in [-0.4, -0.2) is 30.1 Å². The molecule has 1 aliphatic rings. The molecule has 0 saturated carbocycles. The first-order chi connectivity index (χ1) is 12.3. The molecule has 0 aromatic heterocycles. The summed E-state index contributed by atoms with van der Waals surface area (Å²) in [6.07, 6.45) is -0.547. The van der Waals surface area contributed by atoms with Crippen molar-refractivity contribution in [3.63, 3.8) is 0 Å². The maximum Gasteiger partial charge on any atom is 0.320 e. The molecule has 26 heavy (non-hydrogen) atoms. The number of amides is 3. The zero-order chi connectivity index (χ0) is 18.9. The van der Waals surface area contributed by atoms with Gasteiger partial charge in [0.25, 0.3) is 5.91 Å². The highest BCUT2D eigenvalue weighted by Gasteiger charge is 2.52. The lowest BCUT2D eigenvalue weighted by Crippen LogP contribution is -2.54. The fraction of sp³-hybridized carbons (Fsp3) is 0.211. The Morgan fingerprint density at radius 1 is 1.12 bits per heavy atom. The average molecular weight is 353 g/mol. The van der Waals surface area contributed by atoms with Crippen LogP contribution in [0.4, 0.5) is 16.2 Å². The zero-order valence-electron chi connectivity index (χ0n) is 14.4. The molecule has 3 N–H and O–H groups in total. The molecular weight excluding hydrogens is 334 g/mol. The van der Waals surface area contributed by atoms with Gasteiger partial charge in [-0.1, -0.05) is 35.9 Å². The fourth-order valence-electron chi connectivity index (χ4n) is 3.19. The van der Waals surface area contributed by atoms with Crippen LogP contribution in [0, 0.1) is 6.92 Å². The molecule has 0 saturated heterocycles. The Kier molecular flexibility index (Phi) is 4.38. The summed E-state index contributed by atoms with van der Waals surface area (Å²) in [6, 6.07) is 13.3. The minimum Gasteiger partial charge on any atom is -0.481 e. The summed E-state index contributed by atoms with van der Waals surface area (Å²) in [6.45, 7) is 1.93. The number of carboxylic acids is 1. The second-order valence-corrected chi connectivity index (χ2v) is 6.30. The highest BCUT2D eigenvalue weighted by atomic mass is 16.4. The molecule has 0 spiro atoms. The van der Waals surface area contributed by atoms with Gasteiger partial charge < -0.3 is 20.6 Å². The third-order valence-electron chi connectivity index (χ3n) is 4.45. The number of nitrogens with one attached hydrogen (secondary N) is 2. The molecule has 7 nitrogen and oxygen atoms in total. The molecule has 2 aromatic rings. The summed E-state index contributed by atoms with van der Waals surface area (Å²) in [4.78, 5) is 38.2. The standard InChI is InChI=1S/C19H19N3O4/c1-12-7-9-13(10-8-12)20-18(26)21-19(11-16(23)24)14-5-3-4-6-15(14)22(2)17(19)25/h3-10H,11H2,1-2H3,(H,23,24)(H2,20,21,26). The Morgan fingerprint density at radius 3 is 2.42 bits per heavy atom. The van der Waals surface area contributed by atoms with Gasteiger partial charge in [0.15, 0.2) is 5.54 Å². The topological polar surface area (TPSA) is 98.7 Å². The molecule has 1 unspecified atom stereocenters. The molecule has 1 heterocycles. The number of para-hydroxylation sites is 1. The minimum absolute atomic E-state index is 0.467. The number of urea groups is 1. The van der Waals surface area contributed by atoms with Gasteiger partial charge in [-0.05, 0) is 25.1 Å². The van der Waals surface area contributed by atoms with E-state index in [9.17, 15) is 19.5 Å². The highest BCUT2D eigenvalue weighted by Crippen LogP contribution is 2.41. The molecule has 2 aromatic carbocycles. The van der Waals surface area contributed by atoms with Gasteiger partial charge in [0, 0.05) is 24.0 Å². The Morgan fingerprint density at radius 2 is 1.77 bits per heavy atom. The number of hydrogen-bond donors (Lipinski definition) is 3. The van der Waals surface area contributed by atoms with E-state index in [1.807, 2.05) is 19.1 Å². The number of nitrogens with zero attached hydrogens (tertiary/aromatic N) is 1. The first-order valence-electron chi connectivity index (χ1n) is 8.09. The van der Waals surface area contributed by atoms with E-state index in [4.69, 9.17) is 0 Å². The van der Waals surface area contributed by atoms with Crippen molar-refractivity contribution in [1.29, 1.82) is 0 Å². The second kappa shape index (κ2) is 6.51. The van der Waals surface area contributed by atoms with Crippen molar-refractivity contribution in [2.24, 2.45) is 0 Å². The largest absolute Gasteiger partial charge is 0.481 e. The molecular formula is C19H19N3O4. The van der Waals surface area contributed by atoms with E-state index in [0.717, 1.165) is 5.56 Å². The van der Waals surface area contributed by atoms with Gasteiger partial charge in [-0.3, -0.25) is 9.59 Å². The molecule has 1 atom stereocenters. The number of carboxylic acid groups (broad SMARTS) is 1. The van der Waals surface area contributed by atoms with Crippen molar-refractivity contribution in [2.45, 2.75) is 18.9 Å². The Balaban J connectivity index is 1.94. The van der Waals surface area contributed by atoms with Gasteiger partial charge in [-0.2, -0.15) is 0 Å². The van der Waals surface area contributed by atoms with Gasteiger partial charge in [-0.25, -0.2) is 4.79 Å². The van der Waals surface area contributed by atoms with Crippen molar-refractivity contribution in [3.8, 4) is 0 Å². The monoisotopic (exact) mass is 353 g/mol. The first-order valence-corrected chi connectivity index (χ1v) is 8.09. The highest BCUT2D eigenvalue weighted by molar-refractivity contribution is 6.11. The van der Waals surface area contributed by atoms with Crippen molar-refractivity contribution >= 4 is 29.3 Å². The second-order valence-electron chi connectivity index (χ2n) is 6.30. The van der Waals surface area contributed by atoms with Crippen LogP contribution in [0.3, 0.4) is 0 Å². The predicted octanol–water partition coefficient (Wildman–Crippen LogP) is 2.46.